The van der Waals surface area contributed by atoms with Gasteiger partial charge in [-0.1, -0.05) is 24.3 Å². The molecule has 8 rings (SSSR count). The zero-order chi connectivity index (χ0) is 25.1. The molecule has 0 amide bonds. The fourth-order valence-electron chi connectivity index (χ4n) is 4.77. The Balaban J connectivity index is 1.45. The van der Waals surface area contributed by atoms with Crippen LogP contribution < -0.4 is 18.9 Å². The van der Waals surface area contributed by atoms with Gasteiger partial charge >= 0.3 is 0 Å². The van der Waals surface area contributed by atoms with Gasteiger partial charge in [-0.2, -0.15) is 0 Å². The van der Waals surface area contributed by atoms with Crippen molar-refractivity contribution >= 4 is 56.4 Å². The van der Waals surface area contributed by atoms with E-state index < -0.39 is 0 Å². The summed E-state index contributed by atoms with van der Waals surface area (Å²) in [7, 11) is 0. The van der Waals surface area contributed by atoms with Crippen molar-refractivity contribution in [2.24, 2.45) is 0 Å². The molecule has 0 aliphatic carbocycles. The molecule has 0 saturated heterocycles. The summed E-state index contributed by atoms with van der Waals surface area (Å²) < 4.78 is 23.8. The average molecular weight is 575 g/mol. The van der Waals surface area contributed by atoms with Crippen LogP contribution in [0, 0.1) is 0 Å². The Labute approximate surface area is 233 Å². The highest BCUT2D eigenvalue weighted by atomic mass is 32.1. The van der Waals surface area contributed by atoms with Crippen LogP contribution in [0.15, 0.2) is 57.9 Å². The molecule has 10 heteroatoms. The topological polar surface area (TPSA) is 62.7 Å². The van der Waals surface area contributed by atoms with Crippen molar-refractivity contribution in [3.63, 3.8) is 0 Å². The SMILES string of the molecule is c1csc(-c2nc3c(-c4scc5c4OCCO5)ccc(-c4scc5c4OCCO5)c3nc2-c2cccs2)c1. The molecule has 0 N–H and O–H groups in total. The van der Waals surface area contributed by atoms with Gasteiger partial charge in [0.15, 0.2) is 23.0 Å². The molecule has 5 aromatic heterocycles. The largest absolute Gasteiger partial charge is 0.485 e. The number of rotatable bonds is 4. The molecule has 0 unspecified atom stereocenters. The first kappa shape index (κ1) is 22.5. The van der Waals surface area contributed by atoms with Gasteiger partial charge in [0.05, 0.1) is 30.5 Å². The van der Waals surface area contributed by atoms with Crippen LogP contribution in [0.1, 0.15) is 0 Å². The van der Waals surface area contributed by atoms with E-state index >= 15 is 0 Å². The Hall–Kier alpha value is -3.44. The Kier molecular flexibility index (Phi) is 5.39. The van der Waals surface area contributed by atoms with Gasteiger partial charge in [0, 0.05) is 21.9 Å². The van der Waals surface area contributed by atoms with Gasteiger partial charge in [-0.05, 0) is 22.9 Å². The quantitative estimate of drug-likeness (QED) is 0.212. The highest BCUT2D eigenvalue weighted by Gasteiger charge is 2.27. The van der Waals surface area contributed by atoms with Crippen LogP contribution >= 0.6 is 45.3 Å². The summed E-state index contributed by atoms with van der Waals surface area (Å²) in [6, 6.07) is 12.6. The van der Waals surface area contributed by atoms with E-state index in [2.05, 4.69) is 47.2 Å². The monoisotopic (exact) mass is 574 g/mol. The number of hydrogen-bond donors (Lipinski definition) is 0. The fraction of sp³-hybridized carbons (Fsp3) is 0.143. The molecule has 7 heterocycles. The standard InChI is InChI=1S/C28H18N2O4S4/c1-3-19(35-11-1)23-24(20-4-2-12-36-20)30-22-16(28-26-18(14-38-28)32-8-10-34-26)6-5-15(21(22)29-23)27-25-17(13-37-27)31-7-9-33-25/h1-6,11-14H,7-10H2. The Morgan fingerprint density at radius 3 is 1.47 bits per heavy atom. The first-order valence-corrected chi connectivity index (χ1v) is 15.5. The third kappa shape index (κ3) is 3.55. The van der Waals surface area contributed by atoms with E-state index in [1.165, 1.54) is 0 Å². The maximum Gasteiger partial charge on any atom is 0.180 e. The summed E-state index contributed by atoms with van der Waals surface area (Å²) in [5.41, 5.74) is 5.36. The van der Waals surface area contributed by atoms with Crippen molar-refractivity contribution in [1.29, 1.82) is 0 Å². The van der Waals surface area contributed by atoms with Crippen molar-refractivity contribution in [3.05, 3.63) is 57.9 Å². The van der Waals surface area contributed by atoms with Gasteiger partial charge < -0.3 is 18.9 Å². The van der Waals surface area contributed by atoms with Crippen molar-refractivity contribution in [2.75, 3.05) is 26.4 Å². The second-order valence-corrected chi connectivity index (χ2v) is 12.3. The number of nitrogens with zero attached hydrogens (tertiary/aromatic N) is 2. The molecular weight excluding hydrogens is 557 g/mol. The highest BCUT2D eigenvalue weighted by molar-refractivity contribution is 7.15. The van der Waals surface area contributed by atoms with Crippen molar-refractivity contribution < 1.29 is 18.9 Å². The van der Waals surface area contributed by atoms with Gasteiger partial charge in [0.25, 0.3) is 0 Å². The molecule has 6 nitrogen and oxygen atoms in total. The molecule has 0 fully saturated rings. The normalized spacial score (nSPS) is 14.2. The third-order valence-electron chi connectivity index (χ3n) is 6.42. The lowest BCUT2D eigenvalue weighted by atomic mass is 10.0. The molecule has 188 valence electrons. The van der Waals surface area contributed by atoms with Crippen molar-refractivity contribution in [2.45, 2.75) is 0 Å². The summed E-state index contributed by atoms with van der Waals surface area (Å²) in [5.74, 6) is 3.13. The lowest BCUT2D eigenvalue weighted by Crippen LogP contribution is -2.14. The molecule has 2 aliphatic heterocycles. The second-order valence-electron chi connectivity index (χ2n) is 8.64. The van der Waals surface area contributed by atoms with E-state index in [-0.39, 0.29) is 0 Å². The summed E-state index contributed by atoms with van der Waals surface area (Å²) in [6.07, 6.45) is 0. The first-order valence-electron chi connectivity index (χ1n) is 12.0. The van der Waals surface area contributed by atoms with Gasteiger partial charge in [-0.25, -0.2) is 9.97 Å². The van der Waals surface area contributed by atoms with Crippen molar-refractivity contribution in [1.82, 2.24) is 9.97 Å². The predicted molar refractivity (Wildman–Crippen MR) is 155 cm³/mol. The van der Waals surface area contributed by atoms with Crippen LogP contribution in [0.2, 0.25) is 0 Å². The van der Waals surface area contributed by atoms with Gasteiger partial charge in [0.1, 0.15) is 37.8 Å². The van der Waals surface area contributed by atoms with E-state index in [4.69, 9.17) is 28.9 Å². The second kappa shape index (κ2) is 9.09. The van der Waals surface area contributed by atoms with Crippen LogP contribution in [0.3, 0.4) is 0 Å². The van der Waals surface area contributed by atoms with Crippen LogP contribution in [0.4, 0.5) is 0 Å². The van der Waals surface area contributed by atoms with Crippen LogP contribution in [-0.4, -0.2) is 36.4 Å². The summed E-state index contributed by atoms with van der Waals surface area (Å²) in [6.45, 7) is 2.17. The Morgan fingerprint density at radius 1 is 0.553 bits per heavy atom. The van der Waals surface area contributed by atoms with Crippen LogP contribution in [0.5, 0.6) is 23.0 Å². The molecule has 1 aromatic carbocycles. The van der Waals surface area contributed by atoms with Crippen molar-refractivity contribution in [3.8, 4) is 65.0 Å². The lowest BCUT2D eigenvalue weighted by Gasteiger charge is -2.18. The summed E-state index contributed by atoms with van der Waals surface area (Å²) >= 11 is 6.56. The summed E-state index contributed by atoms with van der Waals surface area (Å²) in [5, 5.41) is 8.18. The molecule has 0 saturated carbocycles. The summed E-state index contributed by atoms with van der Waals surface area (Å²) in [4.78, 5) is 14.9. The number of hydrogen-bond acceptors (Lipinski definition) is 10. The number of benzene rings is 1. The average Bonchev–Trinajstić information content (AvgIpc) is 3.79. The number of fused-ring (bicyclic) bond motifs is 3. The van der Waals surface area contributed by atoms with Crippen LogP contribution in [-0.2, 0) is 0 Å². The molecule has 6 aromatic rings. The number of thiophene rings is 4. The zero-order valence-electron chi connectivity index (χ0n) is 19.8. The first-order chi connectivity index (χ1) is 18.8. The minimum Gasteiger partial charge on any atom is -0.485 e. The fourth-order valence-corrected chi connectivity index (χ4v) is 8.12. The van der Waals surface area contributed by atoms with Crippen LogP contribution in [0.25, 0.3) is 53.1 Å². The molecule has 38 heavy (non-hydrogen) atoms. The van der Waals surface area contributed by atoms with E-state index in [0.717, 1.165) is 76.1 Å². The van der Waals surface area contributed by atoms with E-state index in [0.29, 0.717) is 26.4 Å². The van der Waals surface area contributed by atoms with Gasteiger partial charge in [-0.3, -0.25) is 0 Å². The molecule has 0 radical (unpaired) electrons. The Morgan fingerprint density at radius 2 is 1.03 bits per heavy atom. The highest BCUT2D eigenvalue weighted by Crippen LogP contribution is 2.51. The number of ether oxygens (including phenoxy) is 4. The maximum absolute atomic E-state index is 6.07. The number of aromatic nitrogens is 2. The predicted octanol–water partition coefficient (Wildman–Crippen LogP) is 8.09. The molecule has 2 aliphatic rings. The van der Waals surface area contributed by atoms with Gasteiger partial charge in [-0.15, -0.1) is 45.3 Å². The molecular formula is C28H18N2O4S4. The minimum absolute atomic E-state index is 0.528. The molecule has 0 bridgehead atoms. The smallest absolute Gasteiger partial charge is 0.180 e. The zero-order valence-corrected chi connectivity index (χ0v) is 23.0. The maximum atomic E-state index is 6.07. The molecule has 0 spiro atoms. The lowest BCUT2D eigenvalue weighted by molar-refractivity contribution is 0.174. The Bertz CT molecular complexity index is 1660. The minimum atomic E-state index is 0.528. The van der Waals surface area contributed by atoms with Gasteiger partial charge in [0.2, 0.25) is 0 Å². The molecule has 0 atom stereocenters. The third-order valence-corrected chi connectivity index (χ3v) is 10.1. The van der Waals surface area contributed by atoms with E-state index in [1.54, 1.807) is 45.3 Å². The van der Waals surface area contributed by atoms with E-state index in [1.807, 2.05) is 10.8 Å². The van der Waals surface area contributed by atoms with E-state index in [9.17, 15) is 0 Å².